The molecule has 10 heteroatoms. The first-order chi connectivity index (χ1) is 12.0. The molecule has 0 unspecified atom stereocenters. The van der Waals surface area contributed by atoms with Crippen molar-refractivity contribution in [3.63, 3.8) is 0 Å². The number of halogens is 3. The van der Waals surface area contributed by atoms with Crippen molar-refractivity contribution in [2.45, 2.75) is 76.3 Å². The first-order valence-electron chi connectivity index (χ1n) is 8.47. The summed E-state index contributed by atoms with van der Waals surface area (Å²) in [5, 5.41) is 13.6. The van der Waals surface area contributed by atoms with E-state index in [2.05, 4.69) is 5.16 Å². The van der Waals surface area contributed by atoms with Gasteiger partial charge in [-0.15, -0.1) is 0 Å². The number of alkyl halides is 3. The van der Waals surface area contributed by atoms with Gasteiger partial charge in [-0.05, 0) is 27.2 Å². The number of ketones is 1. The van der Waals surface area contributed by atoms with Crippen molar-refractivity contribution in [1.82, 2.24) is 5.16 Å². The standard InChI is InChI=1S/C17H26F3NO5S/c1-11(22)15(2,3)13-9-12(26-21-13)10-14(23)16(4,5)27(24,25)8-6-7-17(18,19)20/h9,11,22H,6-8,10H2,1-5H3/t11-/m0/s1. The Hall–Kier alpha value is -1.42. The number of carbonyl (C=O) groups is 1. The number of aromatic nitrogens is 1. The predicted octanol–water partition coefficient (Wildman–Crippen LogP) is 2.98. The van der Waals surface area contributed by atoms with Gasteiger partial charge in [-0.2, -0.15) is 13.2 Å². The molecule has 27 heavy (non-hydrogen) atoms. The number of aliphatic hydroxyl groups is 1. The maximum atomic E-state index is 12.5. The SMILES string of the molecule is C[C@H](O)C(C)(C)c1cc(CC(=O)C(C)(C)S(=O)(=O)CCCC(F)(F)F)on1. The van der Waals surface area contributed by atoms with Gasteiger partial charge in [-0.25, -0.2) is 8.42 Å². The van der Waals surface area contributed by atoms with Crippen LogP contribution in [0.4, 0.5) is 13.2 Å². The van der Waals surface area contributed by atoms with Crippen molar-refractivity contribution in [3.8, 4) is 0 Å². The van der Waals surface area contributed by atoms with Crippen molar-refractivity contribution in [3.05, 3.63) is 17.5 Å². The van der Waals surface area contributed by atoms with Crippen LogP contribution in [0.1, 0.15) is 58.9 Å². The first-order valence-corrected chi connectivity index (χ1v) is 10.1. The fourth-order valence-corrected chi connectivity index (χ4v) is 3.63. The molecule has 1 N–H and O–H groups in total. The van der Waals surface area contributed by atoms with Gasteiger partial charge in [-0.3, -0.25) is 4.79 Å². The maximum absolute atomic E-state index is 12.5. The van der Waals surface area contributed by atoms with Gasteiger partial charge in [0.2, 0.25) is 0 Å². The lowest BCUT2D eigenvalue weighted by molar-refractivity contribution is -0.134. The van der Waals surface area contributed by atoms with E-state index in [4.69, 9.17) is 4.52 Å². The van der Waals surface area contributed by atoms with Gasteiger partial charge in [0.25, 0.3) is 0 Å². The zero-order valence-corrected chi connectivity index (χ0v) is 16.9. The second-order valence-electron chi connectivity index (χ2n) is 7.72. The van der Waals surface area contributed by atoms with E-state index in [9.17, 15) is 31.5 Å². The molecule has 6 nitrogen and oxygen atoms in total. The highest BCUT2D eigenvalue weighted by Crippen LogP contribution is 2.29. The minimum atomic E-state index is -4.45. The van der Waals surface area contributed by atoms with E-state index >= 15 is 0 Å². The van der Waals surface area contributed by atoms with Crippen LogP contribution in [0.3, 0.4) is 0 Å². The Morgan fingerprint density at radius 1 is 1.26 bits per heavy atom. The average Bonchev–Trinajstić information content (AvgIpc) is 2.94. The Morgan fingerprint density at radius 2 is 1.81 bits per heavy atom. The highest BCUT2D eigenvalue weighted by molar-refractivity contribution is 7.93. The molecule has 0 aliphatic rings. The third-order valence-corrected chi connectivity index (χ3v) is 7.53. The number of rotatable bonds is 9. The molecule has 156 valence electrons. The average molecular weight is 413 g/mol. The highest BCUT2D eigenvalue weighted by Gasteiger charge is 2.42. The van der Waals surface area contributed by atoms with Crippen LogP contribution in [0.5, 0.6) is 0 Å². The molecule has 0 saturated carbocycles. The summed E-state index contributed by atoms with van der Waals surface area (Å²) in [6.45, 7) is 7.40. The Balaban J connectivity index is 2.87. The number of Topliss-reactive ketones (excluding diaryl/α,β-unsaturated/α-hetero) is 1. The Morgan fingerprint density at radius 3 is 2.30 bits per heavy atom. The summed E-state index contributed by atoms with van der Waals surface area (Å²) in [5.74, 6) is -1.31. The summed E-state index contributed by atoms with van der Waals surface area (Å²) in [5.41, 5.74) is -0.324. The van der Waals surface area contributed by atoms with Crippen LogP contribution < -0.4 is 0 Å². The van der Waals surface area contributed by atoms with Gasteiger partial charge in [0.15, 0.2) is 15.6 Å². The van der Waals surface area contributed by atoms with Crippen molar-refractivity contribution >= 4 is 15.6 Å². The molecule has 0 bridgehead atoms. The van der Waals surface area contributed by atoms with Crippen LogP contribution >= 0.6 is 0 Å². The Kier molecular flexibility index (Phi) is 6.92. The molecule has 0 aromatic carbocycles. The van der Waals surface area contributed by atoms with Crippen LogP contribution in [-0.4, -0.2) is 47.2 Å². The van der Waals surface area contributed by atoms with Gasteiger partial charge in [0.05, 0.1) is 24.0 Å². The molecule has 1 heterocycles. The lowest BCUT2D eigenvalue weighted by Gasteiger charge is -2.24. The predicted molar refractivity (Wildman–Crippen MR) is 93.1 cm³/mol. The summed E-state index contributed by atoms with van der Waals surface area (Å²) in [7, 11) is -4.09. The molecule has 0 radical (unpaired) electrons. The van der Waals surface area contributed by atoms with Crippen LogP contribution in [0.15, 0.2) is 10.6 Å². The highest BCUT2D eigenvalue weighted by atomic mass is 32.2. The zero-order chi connectivity index (χ0) is 21.3. The van der Waals surface area contributed by atoms with Crippen molar-refractivity contribution in [2.24, 2.45) is 0 Å². The van der Waals surface area contributed by atoms with E-state index in [1.807, 2.05) is 0 Å². The van der Waals surface area contributed by atoms with E-state index in [-0.39, 0.29) is 12.2 Å². The van der Waals surface area contributed by atoms with E-state index in [1.54, 1.807) is 20.8 Å². The number of carbonyl (C=O) groups excluding carboxylic acids is 1. The second kappa shape index (κ2) is 7.90. The van der Waals surface area contributed by atoms with Crippen molar-refractivity contribution in [1.29, 1.82) is 0 Å². The molecule has 1 atom stereocenters. The molecular weight excluding hydrogens is 387 g/mol. The fourth-order valence-electron chi connectivity index (χ4n) is 2.18. The molecule has 1 rings (SSSR count). The summed E-state index contributed by atoms with van der Waals surface area (Å²) < 4.78 is 64.6. The summed E-state index contributed by atoms with van der Waals surface area (Å²) in [6, 6.07) is 1.47. The number of hydrogen-bond donors (Lipinski definition) is 1. The molecular formula is C17H26F3NO5S. The lowest BCUT2D eigenvalue weighted by Crippen LogP contribution is -2.43. The van der Waals surface area contributed by atoms with E-state index in [0.29, 0.717) is 5.69 Å². The van der Waals surface area contributed by atoms with E-state index < -0.39 is 56.7 Å². The lowest BCUT2D eigenvalue weighted by atomic mass is 9.84. The van der Waals surface area contributed by atoms with E-state index in [0.717, 1.165) is 0 Å². The maximum Gasteiger partial charge on any atom is 0.389 e. The van der Waals surface area contributed by atoms with Crippen LogP contribution in [0.25, 0.3) is 0 Å². The topological polar surface area (TPSA) is 97.5 Å². The van der Waals surface area contributed by atoms with Gasteiger partial charge >= 0.3 is 6.18 Å². The smallest absolute Gasteiger partial charge is 0.389 e. The Labute approximate surface area is 157 Å². The molecule has 0 spiro atoms. The van der Waals surface area contributed by atoms with Crippen LogP contribution in [-0.2, 0) is 26.5 Å². The van der Waals surface area contributed by atoms with Crippen LogP contribution in [0, 0.1) is 0 Å². The number of sulfone groups is 1. The first kappa shape index (κ1) is 23.6. The summed E-state index contributed by atoms with van der Waals surface area (Å²) >= 11 is 0. The van der Waals surface area contributed by atoms with E-state index in [1.165, 1.54) is 19.9 Å². The van der Waals surface area contributed by atoms with Crippen molar-refractivity contribution < 1.29 is 36.0 Å². The minimum Gasteiger partial charge on any atom is -0.392 e. The third kappa shape index (κ3) is 5.78. The quantitative estimate of drug-likeness (QED) is 0.668. The van der Waals surface area contributed by atoms with Crippen molar-refractivity contribution in [2.75, 3.05) is 5.75 Å². The summed E-state index contributed by atoms with van der Waals surface area (Å²) in [4.78, 5) is 12.5. The number of aliphatic hydroxyl groups excluding tert-OH is 1. The minimum absolute atomic E-state index is 0.127. The van der Waals surface area contributed by atoms with Gasteiger partial charge in [-0.1, -0.05) is 19.0 Å². The zero-order valence-electron chi connectivity index (χ0n) is 16.1. The molecule has 0 saturated heterocycles. The molecule has 0 amide bonds. The second-order valence-corrected chi connectivity index (χ2v) is 10.4. The monoisotopic (exact) mass is 413 g/mol. The largest absolute Gasteiger partial charge is 0.392 e. The number of hydrogen-bond acceptors (Lipinski definition) is 6. The Bertz CT molecular complexity index is 764. The van der Waals surface area contributed by atoms with Gasteiger partial charge in [0, 0.05) is 17.9 Å². The van der Waals surface area contributed by atoms with Crippen LogP contribution in [0.2, 0.25) is 0 Å². The molecule has 0 aliphatic carbocycles. The third-order valence-electron chi connectivity index (χ3n) is 4.92. The molecule has 1 aromatic rings. The fraction of sp³-hybridized carbons (Fsp3) is 0.765. The molecule has 1 aromatic heterocycles. The molecule has 0 aliphatic heterocycles. The van der Waals surface area contributed by atoms with Gasteiger partial charge in [0.1, 0.15) is 10.5 Å². The van der Waals surface area contributed by atoms with Gasteiger partial charge < -0.3 is 9.63 Å². The molecule has 0 fully saturated rings. The summed E-state index contributed by atoms with van der Waals surface area (Å²) in [6.07, 6.45) is -7.38. The normalized spacial score (nSPS) is 15.0. The number of nitrogens with zero attached hydrogens (tertiary/aromatic N) is 1.